The predicted molar refractivity (Wildman–Crippen MR) is 27.1 cm³/mol. The predicted octanol–water partition coefficient (Wildman–Crippen LogP) is 1.06. The molecule has 0 amide bonds. The lowest BCUT2D eigenvalue weighted by Crippen LogP contribution is -2.27. The van der Waals surface area contributed by atoms with Crippen LogP contribution in [0.2, 0.25) is 0 Å². The summed E-state index contributed by atoms with van der Waals surface area (Å²) in [6, 6.07) is 0. The quantitative estimate of drug-likeness (QED) is 0.583. The van der Waals surface area contributed by atoms with E-state index in [1.165, 1.54) is 0 Å². The molecule has 0 aromatic rings. The van der Waals surface area contributed by atoms with Crippen LogP contribution in [0.3, 0.4) is 0 Å². The van der Waals surface area contributed by atoms with Crippen LogP contribution in [0.15, 0.2) is 0 Å². The van der Waals surface area contributed by atoms with Gasteiger partial charge in [0.2, 0.25) is 0 Å². The first-order chi connectivity index (χ1) is 3.55. The van der Waals surface area contributed by atoms with Crippen molar-refractivity contribution in [1.82, 2.24) is 0 Å². The van der Waals surface area contributed by atoms with Gasteiger partial charge in [0.05, 0.1) is 0 Å². The molecule has 8 heavy (non-hydrogen) atoms. The fourth-order valence-electron chi connectivity index (χ4n) is 0.365. The van der Waals surface area contributed by atoms with Gasteiger partial charge < -0.3 is 5.11 Å². The fourth-order valence-corrected chi connectivity index (χ4v) is 0.365. The van der Waals surface area contributed by atoms with E-state index in [-0.39, 0.29) is 0 Å². The van der Waals surface area contributed by atoms with Crippen LogP contribution in [0.5, 0.6) is 0 Å². The van der Waals surface area contributed by atoms with Crippen LogP contribution in [-0.4, -0.2) is 23.6 Å². The Hall–Kier alpha value is -0.180. The average Bonchev–Trinajstić information content (AvgIpc) is 1.64. The minimum atomic E-state index is -1.48. The van der Waals surface area contributed by atoms with E-state index in [9.17, 15) is 8.78 Å². The van der Waals surface area contributed by atoms with E-state index in [0.717, 1.165) is 13.8 Å². The molecular weight excluding hydrogens is 114 g/mol. The lowest BCUT2D eigenvalue weighted by molar-refractivity contribution is 0.0266. The molecule has 0 saturated heterocycles. The summed E-state index contributed by atoms with van der Waals surface area (Å²) >= 11 is 0. The van der Waals surface area contributed by atoms with Gasteiger partial charge in [-0.05, 0) is 13.8 Å². The largest absolute Gasteiger partial charge is 0.387 e. The molecule has 0 aliphatic heterocycles. The fraction of sp³-hybridized carbons (Fsp3) is 1.00. The molecule has 2 unspecified atom stereocenters. The molecule has 50 valence electrons. The highest BCUT2D eigenvalue weighted by Gasteiger charge is 2.19. The summed E-state index contributed by atoms with van der Waals surface area (Å²) in [4.78, 5) is 0. The molecule has 0 radical (unpaired) electrons. The number of hydrogen-bond acceptors (Lipinski definition) is 1. The standard InChI is InChI=1S/C5H10F2O/c1-3(6)5(8)4(2)7/h3-5,8H,1-2H3. The first-order valence-electron chi connectivity index (χ1n) is 2.52. The van der Waals surface area contributed by atoms with E-state index < -0.39 is 18.4 Å². The molecule has 1 N–H and O–H groups in total. The minimum Gasteiger partial charge on any atom is -0.387 e. The molecule has 0 saturated carbocycles. The molecule has 1 nitrogen and oxygen atoms in total. The van der Waals surface area contributed by atoms with Crippen LogP contribution in [0.4, 0.5) is 8.78 Å². The van der Waals surface area contributed by atoms with Crippen LogP contribution >= 0.6 is 0 Å². The second-order valence-corrected chi connectivity index (χ2v) is 1.85. The van der Waals surface area contributed by atoms with Crippen LogP contribution in [0, 0.1) is 0 Å². The molecule has 2 atom stereocenters. The molecule has 0 heterocycles. The minimum absolute atomic E-state index is 1.13. The Balaban J connectivity index is 3.46. The monoisotopic (exact) mass is 124 g/mol. The van der Waals surface area contributed by atoms with Crippen molar-refractivity contribution in [2.24, 2.45) is 0 Å². The van der Waals surface area contributed by atoms with E-state index in [4.69, 9.17) is 5.11 Å². The Morgan fingerprint density at radius 3 is 1.38 bits per heavy atom. The third-order valence-corrected chi connectivity index (χ3v) is 0.941. The van der Waals surface area contributed by atoms with Gasteiger partial charge in [-0.2, -0.15) is 0 Å². The molecule has 0 rings (SSSR count). The normalized spacial score (nSPS) is 22.1. The zero-order chi connectivity index (χ0) is 6.73. The van der Waals surface area contributed by atoms with E-state index in [0.29, 0.717) is 0 Å². The summed E-state index contributed by atoms with van der Waals surface area (Å²) in [7, 11) is 0. The van der Waals surface area contributed by atoms with E-state index in [2.05, 4.69) is 0 Å². The van der Waals surface area contributed by atoms with E-state index >= 15 is 0 Å². The first kappa shape index (κ1) is 7.82. The van der Waals surface area contributed by atoms with Gasteiger partial charge in [0.15, 0.2) is 0 Å². The van der Waals surface area contributed by atoms with Crippen molar-refractivity contribution in [3.8, 4) is 0 Å². The summed E-state index contributed by atoms with van der Waals surface area (Å²) in [6.45, 7) is 2.25. The van der Waals surface area contributed by atoms with Crippen molar-refractivity contribution in [3.63, 3.8) is 0 Å². The van der Waals surface area contributed by atoms with Gasteiger partial charge in [0.25, 0.3) is 0 Å². The molecule has 0 fully saturated rings. The molecule has 0 aromatic carbocycles. The zero-order valence-electron chi connectivity index (χ0n) is 4.94. The molecule has 0 spiro atoms. The molecule has 0 bridgehead atoms. The number of halogens is 2. The van der Waals surface area contributed by atoms with Crippen molar-refractivity contribution < 1.29 is 13.9 Å². The summed E-state index contributed by atoms with van der Waals surface area (Å²) in [6.07, 6.45) is -4.42. The second-order valence-electron chi connectivity index (χ2n) is 1.85. The number of rotatable bonds is 2. The maximum absolute atomic E-state index is 11.9. The average molecular weight is 124 g/mol. The van der Waals surface area contributed by atoms with Gasteiger partial charge in [-0.3, -0.25) is 0 Å². The molecule has 0 aliphatic carbocycles. The number of aliphatic hydroxyl groups is 1. The lowest BCUT2D eigenvalue weighted by atomic mass is 10.2. The summed E-state index contributed by atoms with van der Waals surface area (Å²) < 4.78 is 23.7. The maximum atomic E-state index is 11.9. The van der Waals surface area contributed by atoms with Gasteiger partial charge in [-0.1, -0.05) is 0 Å². The van der Waals surface area contributed by atoms with Gasteiger partial charge >= 0.3 is 0 Å². The van der Waals surface area contributed by atoms with Crippen LogP contribution in [0.1, 0.15) is 13.8 Å². The van der Waals surface area contributed by atoms with Crippen LogP contribution in [-0.2, 0) is 0 Å². The Morgan fingerprint density at radius 1 is 1.12 bits per heavy atom. The molecular formula is C5H10F2O. The SMILES string of the molecule is CC(F)C(O)C(C)F. The maximum Gasteiger partial charge on any atom is 0.126 e. The van der Waals surface area contributed by atoms with Crippen molar-refractivity contribution in [2.75, 3.05) is 0 Å². The highest BCUT2D eigenvalue weighted by molar-refractivity contribution is 4.67. The number of aliphatic hydroxyl groups excluding tert-OH is 1. The topological polar surface area (TPSA) is 20.2 Å². The second kappa shape index (κ2) is 2.97. The van der Waals surface area contributed by atoms with Crippen LogP contribution in [0.25, 0.3) is 0 Å². The van der Waals surface area contributed by atoms with Gasteiger partial charge in [0.1, 0.15) is 18.4 Å². The van der Waals surface area contributed by atoms with Crippen molar-refractivity contribution in [2.45, 2.75) is 32.3 Å². The van der Waals surface area contributed by atoms with Gasteiger partial charge in [0, 0.05) is 0 Å². The molecule has 3 heteroatoms. The van der Waals surface area contributed by atoms with E-state index in [1.807, 2.05) is 0 Å². The van der Waals surface area contributed by atoms with Crippen LogP contribution < -0.4 is 0 Å². The highest BCUT2D eigenvalue weighted by atomic mass is 19.1. The van der Waals surface area contributed by atoms with Gasteiger partial charge in [-0.25, -0.2) is 8.78 Å². The lowest BCUT2D eigenvalue weighted by Gasteiger charge is -2.11. The molecule has 0 aromatic heterocycles. The van der Waals surface area contributed by atoms with Crippen molar-refractivity contribution >= 4 is 0 Å². The highest BCUT2D eigenvalue weighted by Crippen LogP contribution is 2.04. The molecule has 0 aliphatic rings. The first-order valence-corrected chi connectivity index (χ1v) is 2.52. The Kier molecular flexibility index (Phi) is 2.90. The smallest absolute Gasteiger partial charge is 0.126 e. The number of alkyl halides is 2. The summed E-state index contributed by atoms with van der Waals surface area (Å²) in [5.41, 5.74) is 0. The Labute approximate surface area is 47.3 Å². The zero-order valence-corrected chi connectivity index (χ0v) is 4.94. The van der Waals surface area contributed by atoms with E-state index in [1.54, 1.807) is 0 Å². The van der Waals surface area contributed by atoms with Crippen molar-refractivity contribution in [1.29, 1.82) is 0 Å². The third-order valence-electron chi connectivity index (χ3n) is 0.941. The third kappa shape index (κ3) is 2.21. The van der Waals surface area contributed by atoms with Crippen molar-refractivity contribution in [3.05, 3.63) is 0 Å². The Morgan fingerprint density at radius 2 is 1.38 bits per heavy atom. The van der Waals surface area contributed by atoms with Gasteiger partial charge in [-0.15, -0.1) is 0 Å². The Bertz CT molecular complexity index is 55.4. The summed E-state index contributed by atoms with van der Waals surface area (Å²) in [5, 5.41) is 8.45. The summed E-state index contributed by atoms with van der Waals surface area (Å²) in [5.74, 6) is 0. The number of hydrogen-bond donors (Lipinski definition) is 1.